The predicted molar refractivity (Wildman–Crippen MR) is 109 cm³/mol. The van der Waals surface area contributed by atoms with E-state index < -0.39 is 12.0 Å². The number of hydrogen-bond donors (Lipinski definition) is 2. The van der Waals surface area contributed by atoms with Crippen molar-refractivity contribution in [2.75, 3.05) is 25.1 Å². The quantitative estimate of drug-likeness (QED) is 0.756. The number of nitrogens with zero attached hydrogens (tertiary/aromatic N) is 1. The molecule has 28 heavy (non-hydrogen) atoms. The molecular weight excluding hydrogens is 354 g/mol. The fraction of sp³-hybridized carbons (Fsp3) is 0.273. The van der Waals surface area contributed by atoms with E-state index in [1.54, 1.807) is 6.92 Å². The summed E-state index contributed by atoms with van der Waals surface area (Å²) < 4.78 is 5.30. The van der Waals surface area contributed by atoms with Gasteiger partial charge in [-0.1, -0.05) is 48.0 Å². The normalized spacial score (nSPS) is 16.2. The van der Waals surface area contributed by atoms with E-state index in [2.05, 4.69) is 10.6 Å². The summed E-state index contributed by atoms with van der Waals surface area (Å²) >= 11 is 0. The number of carbonyl (C=O) groups excluding carboxylic acids is 2. The van der Waals surface area contributed by atoms with Gasteiger partial charge in [-0.15, -0.1) is 0 Å². The molecule has 2 aromatic carbocycles. The van der Waals surface area contributed by atoms with Gasteiger partial charge in [0.05, 0.1) is 30.5 Å². The van der Waals surface area contributed by atoms with E-state index >= 15 is 0 Å². The van der Waals surface area contributed by atoms with Crippen LogP contribution in [0, 0.1) is 6.92 Å². The third kappa shape index (κ3) is 4.34. The predicted octanol–water partition coefficient (Wildman–Crippen LogP) is 3.30. The Kier molecular flexibility index (Phi) is 5.99. The lowest BCUT2D eigenvalue weighted by atomic mass is 9.94. The van der Waals surface area contributed by atoms with Gasteiger partial charge in [-0.3, -0.25) is 0 Å². The van der Waals surface area contributed by atoms with Gasteiger partial charge in [0.25, 0.3) is 0 Å². The van der Waals surface area contributed by atoms with Crippen LogP contribution in [-0.4, -0.2) is 32.2 Å². The lowest BCUT2D eigenvalue weighted by Crippen LogP contribution is -2.48. The van der Waals surface area contributed by atoms with E-state index in [9.17, 15) is 9.59 Å². The Hall–Kier alpha value is -3.28. The Morgan fingerprint density at radius 2 is 1.79 bits per heavy atom. The van der Waals surface area contributed by atoms with Crippen molar-refractivity contribution in [3.8, 4) is 0 Å². The number of amides is 2. The molecule has 0 saturated carbocycles. The van der Waals surface area contributed by atoms with Gasteiger partial charge in [0, 0.05) is 12.7 Å². The minimum Gasteiger partial charge on any atom is -0.463 e. The maximum atomic E-state index is 12.8. The fourth-order valence-electron chi connectivity index (χ4n) is 3.21. The van der Waals surface area contributed by atoms with Crippen molar-refractivity contribution in [3.63, 3.8) is 0 Å². The molecule has 0 unspecified atom stereocenters. The molecule has 0 saturated heterocycles. The maximum Gasteiger partial charge on any atom is 0.338 e. The molecule has 146 valence electrons. The van der Waals surface area contributed by atoms with Gasteiger partial charge in [-0.25, -0.2) is 9.59 Å². The van der Waals surface area contributed by atoms with Crippen LogP contribution in [0.5, 0.6) is 0 Å². The molecule has 2 N–H and O–H groups in total. The third-order valence-corrected chi connectivity index (χ3v) is 4.65. The Balaban J connectivity index is 2.01. The number of nitrogens with one attached hydrogen (secondary N) is 2. The summed E-state index contributed by atoms with van der Waals surface area (Å²) in [7, 11) is 1.92. The summed E-state index contributed by atoms with van der Waals surface area (Å²) in [5.41, 5.74) is 3.89. The largest absolute Gasteiger partial charge is 0.463 e. The van der Waals surface area contributed by atoms with Crippen LogP contribution in [0.2, 0.25) is 0 Å². The lowest BCUT2D eigenvalue weighted by molar-refractivity contribution is -0.139. The minimum absolute atomic E-state index is 0.263. The van der Waals surface area contributed by atoms with Gasteiger partial charge < -0.3 is 20.3 Å². The number of para-hydroxylation sites is 1. The number of ether oxygens (including phenoxy) is 1. The third-order valence-electron chi connectivity index (χ3n) is 4.65. The zero-order chi connectivity index (χ0) is 20.1. The number of urea groups is 1. The van der Waals surface area contributed by atoms with Gasteiger partial charge in [0.2, 0.25) is 0 Å². The van der Waals surface area contributed by atoms with Gasteiger partial charge in [0.15, 0.2) is 0 Å². The molecule has 0 aliphatic carbocycles. The number of likely N-dealkylation sites (N-methyl/N-ethyl adjacent to an activating group) is 1. The first-order chi connectivity index (χ1) is 13.5. The second-order valence-electron chi connectivity index (χ2n) is 6.75. The van der Waals surface area contributed by atoms with Crippen LogP contribution >= 0.6 is 0 Å². The number of benzene rings is 2. The zero-order valence-corrected chi connectivity index (χ0v) is 16.4. The van der Waals surface area contributed by atoms with Crippen LogP contribution in [0.25, 0.3) is 0 Å². The van der Waals surface area contributed by atoms with Crippen LogP contribution in [0.1, 0.15) is 24.1 Å². The van der Waals surface area contributed by atoms with E-state index in [4.69, 9.17) is 4.74 Å². The average Bonchev–Trinajstić information content (AvgIpc) is 2.69. The summed E-state index contributed by atoms with van der Waals surface area (Å²) in [5, 5.41) is 5.66. The molecule has 0 radical (unpaired) electrons. The number of hydrogen-bond acceptors (Lipinski definition) is 4. The zero-order valence-electron chi connectivity index (χ0n) is 16.4. The summed E-state index contributed by atoms with van der Waals surface area (Å²) in [6.45, 7) is 4.39. The second-order valence-corrected chi connectivity index (χ2v) is 6.75. The van der Waals surface area contributed by atoms with E-state index in [1.165, 1.54) is 0 Å². The molecule has 6 heteroatoms. The van der Waals surface area contributed by atoms with E-state index in [0.717, 1.165) is 16.8 Å². The van der Waals surface area contributed by atoms with E-state index in [1.807, 2.05) is 73.5 Å². The first-order valence-corrected chi connectivity index (χ1v) is 9.30. The Labute approximate surface area is 165 Å². The van der Waals surface area contributed by atoms with E-state index in [0.29, 0.717) is 17.8 Å². The van der Waals surface area contributed by atoms with Crippen LogP contribution in [0.3, 0.4) is 0 Å². The Bertz CT molecular complexity index is 876. The molecule has 1 heterocycles. The smallest absolute Gasteiger partial charge is 0.338 e. The number of rotatable bonds is 6. The monoisotopic (exact) mass is 379 g/mol. The van der Waals surface area contributed by atoms with Crippen molar-refractivity contribution >= 4 is 17.7 Å². The highest BCUT2D eigenvalue weighted by Crippen LogP contribution is 2.29. The highest BCUT2D eigenvalue weighted by molar-refractivity contribution is 5.95. The average molecular weight is 379 g/mol. The summed E-state index contributed by atoms with van der Waals surface area (Å²) in [5.74, 6) is -0.433. The standard InChI is InChI=1S/C22H25N3O3/c1-4-28-21(26)19-18(14-25(3)17-8-6-5-7-9-17)23-22(27)24-20(19)16-12-10-15(2)11-13-16/h5-13,20H,4,14H2,1-3H3,(H2,23,24,27)/t20-/m0/s1. The molecule has 2 aromatic rings. The van der Waals surface area contributed by atoms with Gasteiger partial charge in [-0.05, 0) is 31.5 Å². The highest BCUT2D eigenvalue weighted by Gasteiger charge is 2.34. The van der Waals surface area contributed by atoms with Crippen molar-refractivity contribution in [3.05, 3.63) is 77.0 Å². The molecule has 6 nitrogen and oxygen atoms in total. The molecule has 3 rings (SSSR count). The van der Waals surface area contributed by atoms with Crippen molar-refractivity contribution < 1.29 is 14.3 Å². The molecule has 0 fully saturated rings. The Morgan fingerprint density at radius 3 is 2.43 bits per heavy atom. The number of aryl methyl sites for hydroxylation is 1. The van der Waals surface area contributed by atoms with Crippen LogP contribution in [0.15, 0.2) is 65.9 Å². The molecule has 1 aliphatic heterocycles. The fourth-order valence-corrected chi connectivity index (χ4v) is 3.21. The van der Waals surface area contributed by atoms with Crippen molar-refractivity contribution in [1.29, 1.82) is 0 Å². The van der Waals surface area contributed by atoms with Gasteiger partial charge in [-0.2, -0.15) is 0 Å². The Morgan fingerprint density at radius 1 is 1.11 bits per heavy atom. The topological polar surface area (TPSA) is 70.7 Å². The van der Waals surface area contributed by atoms with Crippen LogP contribution < -0.4 is 15.5 Å². The highest BCUT2D eigenvalue weighted by atomic mass is 16.5. The molecule has 0 aromatic heterocycles. The summed E-state index contributed by atoms with van der Waals surface area (Å²) in [6, 6.07) is 16.7. The molecule has 1 atom stereocenters. The van der Waals surface area contributed by atoms with E-state index in [-0.39, 0.29) is 12.6 Å². The number of carbonyl (C=O) groups is 2. The van der Waals surface area contributed by atoms with Crippen molar-refractivity contribution in [1.82, 2.24) is 10.6 Å². The molecule has 1 aliphatic rings. The van der Waals surface area contributed by atoms with Gasteiger partial charge in [0.1, 0.15) is 0 Å². The maximum absolute atomic E-state index is 12.8. The van der Waals surface area contributed by atoms with Crippen molar-refractivity contribution in [2.45, 2.75) is 19.9 Å². The molecular formula is C22H25N3O3. The van der Waals surface area contributed by atoms with Crippen LogP contribution in [-0.2, 0) is 9.53 Å². The summed E-state index contributed by atoms with van der Waals surface area (Å²) in [6.07, 6.45) is 0. The number of esters is 1. The molecule has 2 amide bonds. The van der Waals surface area contributed by atoms with Crippen LogP contribution in [0.4, 0.5) is 10.5 Å². The summed E-state index contributed by atoms with van der Waals surface area (Å²) in [4.78, 5) is 27.1. The van der Waals surface area contributed by atoms with Gasteiger partial charge >= 0.3 is 12.0 Å². The number of anilines is 1. The first-order valence-electron chi connectivity index (χ1n) is 9.30. The molecule has 0 spiro atoms. The first kappa shape index (κ1) is 19.5. The van der Waals surface area contributed by atoms with Crippen molar-refractivity contribution in [2.24, 2.45) is 0 Å². The minimum atomic E-state index is -0.562. The second kappa shape index (κ2) is 8.61. The molecule has 0 bridgehead atoms. The SMILES string of the molecule is CCOC(=O)C1=C(CN(C)c2ccccc2)NC(=O)N[C@H]1c1ccc(C)cc1. The lowest BCUT2D eigenvalue weighted by Gasteiger charge is -2.31.